The molecule has 0 atom stereocenters. The highest BCUT2D eigenvalue weighted by Gasteiger charge is 2.03. The van der Waals surface area contributed by atoms with Gasteiger partial charge in [0, 0.05) is 18.5 Å². The molecule has 0 aliphatic rings. The summed E-state index contributed by atoms with van der Waals surface area (Å²) in [6.45, 7) is 2.00. The Balaban J connectivity index is 2.05. The van der Waals surface area contributed by atoms with Gasteiger partial charge in [-0.05, 0) is 30.7 Å². The molecule has 0 aliphatic carbocycles. The van der Waals surface area contributed by atoms with E-state index < -0.39 is 0 Å². The maximum Gasteiger partial charge on any atom is 0.0942 e. The summed E-state index contributed by atoms with van der Waals surface area (Å²) in [6, 6.07) is 10.1. The number of nitrogens with two attached hydrogens (primary N) is 1. The highest BCUT2D eigenvalue weighted by Crippen LogP contribution is 2.23. The van der Waals surface area contributed by atoms with Crippen LogP contribution in [0.1, 0.15) is 11.3 Å². The van der Waals surface area contributed by atoms with E-state index in [-0.39, 0.29) is 0 Å². The quantitative estimate of drug-likeness (QED) is 0.654. The van der Waals surface area contributed by atoms with Crippen molar-refractivity contribution in [3.8, 4) is 0 Å². The maximum absolute atomic E-state index is 5.73. The number of aromatic nitrogens is 2. The third-order valence-electron chi connectivity index (χ3n) is 2.30. The molecule has 0 saturated heterocycles. The van der Waals surface area contributed by atoms with Gasteiger partial charge in [0.25, 0.3) is 0 Å². The van der Waals surface area contributed by atoms with Gasteiger partial charge in [0.15, 0.2) is 0 Å². The molecule has 3 nitrogen and oxygen atoms in total. The predicted octanol–water partition coefficient (Wildman–Crippen LogP) is 2.60. The average molecular weight is 233 g/mol. The molecule has 2 aromatic rings. The predicted molar refractivity (Wildman–Crippen MR) is 68.4 cm³/mol. The van der Waals surface area contributed by atoms with Crippen LogP contribution in [0.4, 0.5) is 5.69 Å². The zero-order valence-corrected chi connectivity index (χ0v) is 10.3. The minimum absolute atomic E-state index is 0.819. The monoisotopic (exact) mass is 233 g/mol. The van der Waals surface area contributed by atoms with Gasteiger partial charge in [-0.25, -0.2) is 0 Å². The minimum Gasteiger partial charge on any atom is -0.399 e. The van der Waals surface area contributed by atoms with Crippen molar-refractivity contribution < 1.29 is 0 Å². The summed E-state index contributed by atoms with van der Waals surface area (Å²) in [6.07, 6.45) is 0. The molecule has 16 heavy (non-hydrogen) atoms. The van der Waals surface area contributed by atoms with Crippen molar-refractivity contribution in [2.75, 3.05) is 5.73 Å². The Labute approximate surface area is 99.7 Å². The molecule has 4 heteroatoms. The van der Waals surface area contributed by atoms with Crippen LogP contribution in [0, 0.1) is 6.92 Å². The van der Waals surface area contributed by atoms with E-state index in [2.05, 4.69) is 17.2 Å². The van der Waals surface area contributed by atoms with E-state index in [1.165, 1.54) is 10.6 Å². The van der Waals surface area contributed by atoms with Gasteiger partial charge in [-0.3, -0.25) is 4.68 Å². The lowest BCUT2D eigenvalue weighted by atomic mass is 10.2. The van der Waals surface area contributed by atoms with E-state index in [0.29, 0.717) is 0 Å². The van der Waals surface area contributed by atoms with E-state index >= 15 is 0 Å². The molecule has 84 valence electrons. The fraction of sp³-hybridized carbons (Fsp3) is 0.250. The summed E-state index contributed by atoms with van der Waals surface area (Å²) >= 11 is 1.77. The first-order valence-corrected chi connectivity index (χ1v) is 6.11. The van der Waals surface area contributed by atoms with Crippen molar-refractivity contribution in [1.29, 1.82) is 0 Å². The molecule has 0 aliphatic heterocycles. The molecular weight excluding hydrogens is 218 g/mol. The van der Waals surface area contributed by atoms with Crippen molar-refractivity contribution >= 4 is 17.4 Å². The first kappa shape index (κ1) is 11.1. The molecule has 2 rings (SSSR count). The van der Waals surface area contributed by atoms with Gasteiger partial charge in [0.2, 0.25) is 0 Å². The lowest BCUT2D eigenvalue weighted by Crippen LogP contribution is -1.93. The van der Waals surface area contributed by atoms with Crippen LogP contribution in [0.15, 0.2) is 35.4 Å². The van der Waals surface area contributed by atoms with Crippen LogP contribution in [0.2, 0.25) is 0 Å². The Morgan fingerprint density at radius 2 is 2.19 bits per heavy atom. The molecule has 0 bridgehead atoms. The van der Waals surface area contributed by atoms with Crippen molar-refractivity contribution in [2.24, 2.45) is 7.05 Å². The fourth-order valence-electron chi connectivity index (χ4n) is 1.56. The number of rotatable bonds is 3. The van der Waals surface area contributed by atoms with E-state index in [1.807, 2.05) is 36.9 Å². The summed E-state index contributed by atoms with van der Waals surface area (Å²) in [5, 5.41) is 5.49. The third-order valence-corrected chi connectivity index (χ3v) is 3.45. The van der Waals surface area contributed by atoms with E-state index in [0.717, 1.165) is 17.1 Å². The summed E-state index contributed by atoms with van der Waals surface area (Å²) < 4.78 is 1.91. The van der Waals surface area contributed by atoms with Crippen molar-refractivity contribution in [3.05, 3.63) is 41.6 Å². The first-order chi connectivity index (χ1) is 7.65. The lowest BCUT2D eigenvalue weighted by Gasteiger charge is -2.02. The Bertz CT molecular complexity index is 491. The number of nitrogen functional groups attached to an aromatic ring is 1. The van der Waals surface area contributed by atoms with Crippen molar-refractivity contribution in [2.45, 2.75) is 17.7 Å². The second-order valence-corrected chi connectivity index (χ2v) is 4.78. The SMILES string of the molecule is Cc1cc(SCc2cccc(N)c2)n(C)n1. The van der Waals surface area contributed by atoms with Crippen molar-refractivity contribution in [3.63, 3.8) is 0 Å². The Hall–Kier alpha value is -1.42. The second-order valence-electron chi connectivity index (χ2n) is 3.78. The molecular formula is C12H15N3S. The number of nitrogens with zero attached hydrogens (tertiary/aromatic N) is 2. The highest BCUT2D eigenvalue weighted by molar-refractivity contribution is 7.98. The molecule has 0 radical (unpaired) electrons. The molecule has 0 fully saturated rings. The molecule has 1 aromatic heterocycles. The standard InChI is InChI=1S/C12H15N3S/c1-9-6-12(15(2)14-9)16-8-10-4-3-5-11(13)7-10/h3-7H,8,13H2,1-2H3. The number of aryl methyl sites for hydroxylation is 2. The molecule has 0 unspecified atom stereocenters. The maximum atomic E-state index is 5.73. The minimum atomic E-state index is 0.819. The van der Waals surface area contributed by atoms with E-state index in [4.69, 9.17) is 5.73 Å². The summed E-state index contributed by atoms with van der Waals surface area (Å²) in [5.41, 5.74) is 8.85. The molecule has 0 spiro atoms. The van der Waals surface area contributed by atoms with Crippen molar-refractivity contribution in [1.82, 2.24) is 9.78 Å². The zero-order chi connectivity index (χ0) is 11.5. The van der Waals surface area contributed by atoms with Crippen LogP contribution in [-0.4, -0.2) is 9.78 Å². The second kappa shape index (κ2) is 4.61. The van der Waals surface area contributed by atoms with Gasteiger partial charge in [-0.1, -0.05) is 12.1 Å². The van der Waals surface area contributed by atoms with Gasteiger partial charge in [-0.15, -0.1) is 11.8 Å². The first-order valence-electron chi connectivity index (χ1n) is 5.13. The fourth-order valence-corrected chi connectivity index (χ4v) is 2.54. The van der Waals surface area contributed by atoms with Crippen LogP contribution in [0.25, 0.3) is 0 Å². The van der Waals surface area contributed by atoms with Gasteiger partial charge in [0.1, 0.15) is 0 Å². The van der Waals surface area contributed by atoms with E-state index in [1.54, 1.807) is 11.8 Å². The molecule has 0 amide bonds. The number of thioether (sulfide) groups is 1. The van der Waals surface area contributed by atoms with Crippen LogP contribution in [0.5, 0.6) is 0 Å². The van der Waals surface area contributed by atoms with Gasteiger partial charge < -0.3 is 5.73 Å². The Morgan fingerprint density at radius 3 is 2.81 bits per heavy atom. The number of hydrogen-bond acceptors (Lipinski definition) is 3. The molecule has 2 N–H and O–H groups in total. The lowest BCUT2D eigenvalue weighted by molar-refractivity contribution is 0.692. The normalized spacial score (nSPS) is 10.6. The smallest absolute Gasteiger partial charge is 0.0942 e. The molecule has 0 saturated carbocycles. The number of benzene rings is 1. The number of anilines is 1. The third kappa shape index (κ3) is 2.58. The molecule has 1 aromatic carbocycles. The zero-order valence-electron chi connectivity index (χ0n) is 9.47. The topological polar surface area (TPSA) is 43.8 Å². The van der Waals surface area contributed by atoms with Crippen LogP contribution in [-0.2, 0) is 12.8 Å². The van der Waals surface area contributed by atoms with Gasteiger partial charge in [0.05, 0.1) is 10.7 Å². The largest absolute Gasteiger partial charge is 0.399 e. The Kier molecular flexibility index (Phi) is 3.19. The van der Waals surface area contributed by atoms with Crippen LogP contribution in [0.3, 0.4) is 0 Å². The van der Waals surface area contributed by atoms with E-state index in [9.17, 15) is 0 Å². The van der Waals surface area contributed by atoms with Crippen LogP contribution >= 0.6 is 11.8 Å². The van der Waals surface area contributed by atoms with Gasteiger partial charge in [-0.2, -0.15) is 5.10 Å². The molecule has 1 heterocycles. The van der Waals surface area contributed by atoms with Gasteiger partial charge >= 0.3 is 0 Å². The highest BCUT2D eigenvalue weighted by atomic mass is 32.2. The summed E-state index contributed by atoms with van der Waals surface area (Å²) in [5.74, 6) is 0.921. The average Bonchev–Trinajstić information content (AvgIpc) is 2.54. The summed E-state index contributed by atoms with van der Waals surface area (Å²) in [7, 11) is 1.97. The summed E-state index contributed by atoms with van der Waals surface area (Å²) in [4.78, 5) is 0. The Morgan fingerprint density at radius 1 is 1.38 bits per heavy atom. The van der Waals surface area contributed by atoms with Crippen LogP contribution < -0.4 is 5.73 Å². The number of hydrogen-bond donors (Lipinski definition) is 1.